The number of likely N-dealkylation sites (N-methyl/N-ethyl adjacent to an activating group) is 1. The summed E-state index contributed by atoms with van der Waals surface area (Å²) in [4.78, 5) is 15.4. The van der Waals surface area contributed by atoms with Crippen molar-refractivity contribution in [3.63, 3.8) is 0 Å². The number of nitrogens with zero attached hydrogens (tertiary/aromatic N) is 1. The van der Waals surface area contributed by atoms with Gasteiger partial charge in [0.1, 0.15) is 23.5 Å². The second-order valence-electron chi connectivity index (χ2n) is 11.6. The predicted molar refractivity (Wildman–Crippen MR) is 126 cm³/mol. The van der Waals surface area contributed by atoms with Crippen LogP contribution in [-0.2, 0) is 21.4 Å². The van der Waals surface area contributed by atoms with E-state index in [-0.39, 0.29) is 23.3 Å². The molecule has 1 saturated heterocycles. The predicted octanol–water partition coefficient (Wildman–Crippen LogP) is 2.12. The third-order valence-electron chi connectivity index (χ3n) is 8.44. The van der Waals surface area contributed by atoms with E-state index in [0.717, 1.165) is 43.4 Å². The Morgan fingerprint density at radius 1 is 1.35 bits per heavy atom. The Bertz CT molecular complexity index is 988. The lowest BCUT2D eigenvalue weighted by atomic mass is 9.51. The fraction of sp³-hybridized carbons (Fsp3) is 0.731. The second-order valence-corrected chi connectivity index (χ2v) is 11.6. The lowest BCUT2D eigenvalue weighted by Crippen LogP contribution is -2.69. The fourth-order valence-corrected chi connectivity index (χ4v) is 7.14. The molecule has 0 amide bonds. The summed E-state index contributed by atoms with van der Waals surface area (Å²) < 4.78 is 17.9. The third kappa shape index (κ3) is 3.40. The molecule has 5 rings (SSSR count). The van der Waals surface area contributed by atoms with Crippen LogP contribution in [0.1, 0.15) is 58.1 Å². The number of likely N-dealkylation sites (tertiary alicyclic amines) is 1. The summed E-state index contributed by atoms with van der Waals surface area (Å²) in [6.45, 7) is 8.02. The zero-order valence-electron chi connectivity index (χ0n) is 21.1. The first-order valence-electron chi connectivity index (χ1n) is 12.4. The summed E-state index contributed by atoms with van der Waals surface area (Å²) in [5, 5.41) is 24.8. The average Bonchev–Trinajstić information content (AvgIpc) is 3.10. The van der Waals surface area contributed by atoms with Gasteiger partial charge < -0.3 is 29.3 Å². The second kappa shape index (κ2) is 8.00. The molecular formula is C26H38N2O6. The molecule has 1 saturated carbocycles. The molecule has 2 aliphatic heterocycles. The number of phenols is 1. The first-order chi connectivity index (χ1) is 16.0. The van der Waals surface area contributed by atoms with E-state index in [1.807, 2.05) is 20.8 Å². The molecule has 2 fully saturated rings. The molecule has 188 valence electrons. The number of carbonyl (C=O) groups is 1. The lowest BCUT2D eigenvalue weighted by Gasteiger charge is -2.59. The van der Waals surface area contributed by atoms with Crippen LogP contribution in [0.15, 0.2) is 6.07 Å². The van der Waals surface area contributed by atoms with Gasteiger partial charge in [-0.05, 0) is 72.9 Å². The highest BCUT2D eigenvalue weighted by Crippen LogP contribution is 2.65. The number of nitrogens with one attached hydrogen (secondary N) is 1. The van der Waals surface area contributed by atoms with Crippen molar-refractivity contribution in [1.82, 2.24) is 10.2 Å². The normalized spacial score (nSPS) is 33.5. The van der Waals surface area contributed by atoms with E-state index in [1.165, 1.54) is 0 Å². The van der Waals surface area contributed by atoms with Crippen molar-refractivity contribution in [3.05, 3.63) is 17.2 Å². The van der Waals surface area contributed by atoms with Gasteiger partial charge in [-0.2, -0.15) is 0 Å². The Hall–Kier alpha value is -2.03. The van der Waals surface area contributed by atoms with E-state index in [0.29, 0.717) is 23.5 Å². The Balaban J connectivity index is 1.55. The van der Waals surface area contributed by atoms with E-state index in [2.05, 4.69) is 17.3 Å². The number of phenolic OH excluding ortho intramolecular Hbond substituents is 1. The van der Waals surface area contributed by atoms with Crippen molar-refractivity contribution in [1.29, 1.82) is 0 Å². The molecule has 2 bridgehead atoms. The molecule has 3 N–H and O–H groups in total. The summed E-state index contributed by atoms with van der Waals surface area (Å²) in [7, 11) is 3.84. The molecule has 34 heavy (non-hydrogen) atoms. The van der Waals surface area contributed by atoms with Gasteiger partial charge in [0.25, 0.3) is 0 Å². The van der Waals surface area contributed by atoms with E-state index < -0.39 is 23.7 Å². The van der Waals surface area contributed by atoms with Crippen LogP contribution in [0, 0.1) is 5.92 Å². The Morgan fingerprint density at radius 2 is 2.09 bits per heavy atom. The van der Waals surface area contributed by atoms with Gasteiger partial charge in [0.2, 0.25) is 0 Å². The van der Waals surface area contributed by atoms with E-state index in [9.17, 15) is 15.0 Å². The van der Waals surface area contributed by atoms with Crippen molar-refractivity contribution >= 4 is 5.97 Å². The number of rotatable bonds is 5. The van der Waals surface area contributed by atoms with Crippen molar-refractivity contribution < 1.29 is 29.2 Å². The van der Waals surface area contributed by atoms with Crippen molar-refractivity contribution in [2.75, 3.05) is 20.7 Å². The van der Waals surface area contributed by atoms with Gasteiger partial charge in [-0.25, -0.2) is 0 Å². The highest BCUT2D eigenvalue weighted by atomic mass is 16.6. The standard InChI is InChI=1S/C26H38N2O6/c1-13(29)21(24(31)34-25(2,3)4)27-16-8-7-15-17-11-14-19(32-6)12-18(30)22-20(14)26(15,23(16)33-22)9-10-28(17)5/h12-13,15-17,21,23,27,29-30H,7-11H2,1-6H3/t13-,15+,16+,17-,21+,23+,26+/m1/s1. The highest BCUT2D eigenvalue weighted by molar-refractivity contribution is 5.77. The molecule has 0 unspecified atom stereocenters. The van der Waals surface area contributed by atoms with Gasteiger partial charge in [0.05, 0.1) is 13.2 Å². The number of aliphatic hydroxyl groups excluding tert-OH is 1. The molecule has 8 nitrogen and oxygen atoms in total. The first kappa shape index (κ1) is 23.7. The van der Waals surface area contributed by atoms with Crippen molar-refractivity contribution in [3.8, 4) is 17.2 Å². The van der Waals surface area contributed by atoms with Gasteiger partial charge in [0.15, 0.2) is 11.5 Å². The van der Waals surface area contributed by atoms with Crippen LogP contribution in [0.4, 0.5) is 0 Å². The van der Waals surface area contributed by atoms with Crippen LogP contribution < -0.4 is 14.8 Å². The number of hydrogen-bond acceptors (Lipinski definition) is 8. The van der Waals surface area contributed by atoms with Crippen LogP contribution in [-0.4, -0.2) is 77.7 Å². The van der Waals surface area contributed by atoms with E-state index >= 15 is 0 Å². The molecule has 1 aromatic rings. The molecule has 2 heterocycles. The van der Waals surface area contributed by atoms with E-state index in [1.54, 1.807) is 20.1 Å². The summed E-state index contributed by atoms with van der Waals surface area (Å²) in [5.74, 6) is 1.31. The molecule has 4 aliphatic rings. The number of benzene rings is 1. The maximum atomic E-state index is 13.0. The van der Waals surface area contributed by atoms with Gasteiger partial charge in [-0.3, -0.25) is 10.1 Å². The van der Waals surface area contributed by atoms with Crippen molar-refractivity contribution in [2.45, 2.75) is 94.7 Å². The smallest absolute Gasteiger partial charge is 0.326 e. The highest BCUT2D eigenvalue weighted by Gasteiger charge is 2.66. The Labute approximate surface area is 201 Å². The number of ether oxygens (including phenoxy) is 3. The molecule has 1 spiro atoms. The van der Waals surface area contributed by atoms with Crippen LogP contribution in [0.25, 0.3) is 0 Å². The first-order valence-corrected chi connectivity index (χ1v) is 12.4. The minimum atomic E-state index is -0.922. The molecule has 1 aromatic carbocycles. The fourth-order valence-electron chi connectivity index (χ4n) is 7.14. The summed E-state index contributed by atoms with van der Waals surface area (Å²) >= 11 is 0. The van der Waals surface area contributed by atoms with Gasteiger partial charge in [-0.15, -0.1) is 0 Å². The zero-order chi connectivity index (χ0) is 24.6. The summed E-state index contributed by atoms with van der Waals surface area (Å²) in [6, 6.07) is 1.00. The molecule has 2 aliphatic carbocycles. The SMILES string of the molecule is COc1cc(O)c2c3c1C[C@@H]1[C@@H]4CC[C@H](N[C@H](C(=O)OC(C)(C)C)[C@@H](C)O)[C@H](O2)[C@]34CCN1C. The average molecular weight is 475 g/mol. The van der Waals surface area contributed by atoms with E-state index in [4.69, 9.17) is 14.2 Å². The lowest BCUT2D eigenvalue weighted by molar-refractivity contribution is -0.161. The number of aromatic hydroxyl groups is 1. The molecule has 7 atom stereocenters. The number of hydrogen-bond donors (Lipinski definition) is 3. The third-order valence-corrected chi connectivity index (χ3v) is 8.44. The van der Waals surface area contributed by atoms with Crippen LogP contribution >= 0.6 is 0 Å². The van der Waals surface area contributed by atoms with Gasteiger partial charge in [-0.1, -0.05) is 0 Å². The number of carbonyl (C=O) groups excluding carboxylic acids is 1. The zero-order valence-corrected chi connectivity index (χ0v) is 21.1. The number of piperidine rings is 1. The van der Waals surface area contributed by atoms with Crippen LogP contribution in [0.2, 0.25) is 0 Å². The maximum absolute atomic E-state index is 13.0. The number of aliphatic hydroxyl groups is 1. The summed E-state index contributed by atoms with van der Waals surface area (Å²) in [6.07, 6.45) is 2.40. The van der Waals surface area contributed by atoms with Crippen LogP contribution in [0.3, 0.4) is 0 Å². The quantitative estimate of drug-likeness (QED) is 0.558. The minimum absolute atomic E-state index is 0.105. The molecule has 8 heteroatoms. The maximum Gasteiger partial charge on any atom is 0.326 e. The Morgan fingerprint density at radius 3 is 2.74 bits per heavy atom. The summed E-state index contributed by atoms with van der Waals surface area (Å²) in [5.41, 5.74) is 1.31. The minimum Gasteiger partial charge on any atom is -0.504 e. The Kier molecular flexibility index (Phi) is 5.58. The molecule has 0 aromatic heterocycles. The van der Waals surface area contributed by atoms with Gasteiger partial charge in [0, 0.05) is 34.7 Å². The number of esters is 1. The van der Waals surface area contributed by atoms with Crippen LogP contribution in [0.5, 0.6) is 17.2 Å². The van der Waals surface area contributed by atoms with Gasteiger partial charge >= 0.3 is 5.97 Å². The molecular weight excluding hydrogens is 436 g/mol. The molecule has 0 radical (unpaired) electrons. The van der Waals surface area contributed by atoms with Crippen molar-refractivity contribution in [2.24, 2.45) is 5.92 Å². The topological polar surface area (TPSA) is 100 Å². The monoisotopic (exact) mass is 474 g/mol. The largest absolute Gasteiger partial charge is 0.504 e. The number of methoxy groups -OCH3 is 1.